The van der Waals surface area contributed by atoms with Gasteiger partial charge in [-0.25, -0.2) is 4.98 Å². The summed E-state index contributed by atoms with van der Waals surface area (Å²) in [6, 6.07) is 5.32. The van der Waals surface area contributed by atoms with E-state index in [2.05, 4.69) is 15.6 Å². The van der Waals surface area contributed by atoms with Crippen LogP contribution in [0.2, 0.25) is 10.0 Å². The Hall–Kier alpha value is -1.14. The fourth-order valence-electron chi connectivity index (χ4n) is 2.15. The van der Waals surface area contributed by atoms with Crippen molar-refractivity contribution >= 4 is 40.4 Å². The van der Waals surface area contributed by atoms with Crippen molar-refractivity contribution < 1.29 is 4.79 Å². The Kier molecular flexibility index (Phi) is 4.98. The van der Waals surface area contributed by atoms with Gasteiger partial charge in [0.25, 0.3) is 0 Å². The van der Waals surface area contributed by atoms with E-state index in [0.717, 1.165) is 35.9 Å². The molecule has 1 fully saturated rings. The van der Waals surface area contributed by atoms with E-state index >= 15 is 0 Å². The van der Waals surface area contributed by atoms with Crippen LogP contribution < -0.4 is 10.6 Å². The standard InChI is InChI=1S/C15H15Cl2N3OS/c16-10-1-2-12(13(17)3-10)15-20-11(8-22-15)4-14(21)19-7-9-5-18-6-9/h1-3,8-9,18H,4-7H2,(H,19,21). The minimum absolute atomic E-state index is 0.00551. The Labute approximate surface area is 142 Å². The fraction of sp³-hybridized carbons (Fsp3) is 0.333. The molecule has 2 N–H and O–H groups in total. The summed E-state index contributed by atoms with van der Waals surface area (Å²) in [7, 11) is 0. The molecule has 0 bridgehead atoms. The van der Waals surface area contributed by atoms with Crippen LogP contribution in [0.1, 0.15) is 5.69 Å². The number of carbonyl (C=O) groups is 1. The molecule has 7 heteroatoms. The Bertz CT molecular complexity index is 685. The normalized spacial score (nSPS) is 14.6. The van der Waals surface area contributed by atoms with E-state index in [1.807, 2.05) is 11.4 Å². The molecule has 1 aromatic carbocycles. The summed E-state index contributed by atoms with van der Waals surface area (Å²) in [6.45, 7) is 2.69. The minimum atomic E-state index is 0.00551. The van der Waals surface area contributed by atoms with Gasteiger partial charge < -0.3 is 10.6 Å². The van der Waals surface area contributed by atoms with Gasteiger partial charge in [0, 0.05) is 41.5 Å². The maximum Gasteiger partial charge on any atom is 0.226 e. The largest absolute Gasteiger partial charge is 0.355 e. The van der Waals surface area contributed by atoms with Crippen molar-refractivity contribution in [3.8, 4) is 10.6 Å². The number of benzene rings is 1. The average Bonchev–Trinajstić information content (AvgIpc) is 2.85. The number of halogens is 2. The third-order valence-electron chi connectivity index (χ3n) is 3.51. The SMILES string of the molecule is O=C(Cc1csc(-c2ccc(Cl)cc2Cl)n1)NCC1CNC1. The van der Waals surface area contributed by atoms with Gasteiger partial charge in [0.2, 0.25) is 5.91 Å². The first-order valence-electron chi connectivity index (χ1n) is 6.99. The number of aromatic nitrogens is 1. The van der Waals surface area contributed by atoms with Gasteiger partial charge in [0.1, 0.15) is 5.01 Å². The molecule has 3 rings (SSSR count). The van der Waals surface area contributed by atoms with Gasteiger partial charge in [0.05, 0.1) is 17.1 Å². The summed E-state index contributed by atoms with van der Waals surface area (Å²) in [5, 5.41) is 9.98. The number of thiazole rings is 1. The number of nitrogens with one attached hydrogen (secondary N) is 2. The molecule has 1 aliphatic heterocycles. The summed E-state index contributed by atoms with van der Waals surface area (Å²) in [4.78, 5) is 16.4. The van der Waals surface area contributed by atoms with Crippen LogP contribution in [0.3, 0.4) is 0 Å². The lowest BCUT2D eigenvalue weighted by atomic mass is 10.0. The summed E-state index contributed by atoms with van der Waals surface area (Å²) < 4.78 is 0. The molecule has 1 aliphatic rings. The van der Waals surface area contributed by atoms with Gasteiger partial charge in [-0.2, -0.15) is 0 Å². The molecule has 0 radical (unpaired) electrons. The maximum absolute atomic E-state index is 11.9. The van der Waals surface area contributed by atoms with Crippen LogP contribution in [-0.2, 0) is 11.2 Å². The van der Waals surface area contributed by atoms with E-state index in [0.29, 0.717) is 22.4 Å². The molecular weight excluding hydrogens is 341 g/mol. The highest BCUT2D eigenvalue weighted by molar-refractivity contribution is 7.13. The summed E-state index contributed by atoms with van der Waals surface area (Å²) in [5.74, 6) is 0.564. The smallest absolute Gasteiger partial charge is 0.226 e. The zero-order chi connectivity index (χ0) is 15.5. The van der Waals surface area contributed by atoms with E-state index in [-0.39, 0.29) is 5.91 Å². The highest BCUT2D eigenvalue weighted by Crippen LogP contribution is 2.32. The molecular formula is C15H15Cl2N3OS. The van der Waals surface area contributed by atoms with Crippen molar-refractivity contribution in [1.82, 2.24) is 15.6 Å². The number of hydrogen-bond acceptors (Lipinski definition) is 4. The molecule has 0 saturated carbocycles. The molecule has 2 heterocycles. The molecule has 0 spiro atoms. The molecule has 1 saturated heterocycles. The molecule has 0 atom stereocenters. The van der Waals surface area contributed by atoms with Crippen molar-refractivity contribution in [3.05, 3.63) is 39.3 Å². The number of nitrogens with zero attached hydrogens (tertiary/aromatic N) is 1. The van der Waals surface area contributed by atoms with E-state index in [9.17, 15) is 4.79 Å². The maximum atomic E-state index is 11.9. The number of rotatable bonds is 5. The van der Waals surface area contributed by atoms with E-state index in [1.165, 1.54) is 11.3 Å². The summed E-state index contributed by atoms with van der Waals surface area (Å²) in [6.07, 6.45) is 0.294. The Morgan fingerprint density at radius 1 is 1.41 bits per heavy atom. The number of carbonyl (C=O) groups excluding carboxylic acids is 1. The van der Waals surface area contributed by atoms with Gasteiger partial charge in [0.15, 0.2) is 0 Å². The summed E-state index contributed by atoms with van der Waals surface area (Å²) >= 11 is 13.6. The molecule has 2 aromatic rings. The molecule has 4 nitrogen and oxygen atoms in total. The first-order chi connectivity index (χ1) is 10.6. The van der Waals surface area contributed by atoms with E-state index in [4.69, 9.17) is 23.2 Å². The highest BCUT2D eigenvalue weighted by atomic mass is 35.5. The van der Waals surface area contributed by atoms with Crippen LogP contribution in [0.5, 0.6) is 0 Å². The van der Waals surface area contributed by atoms with E-state index < -0.39 is 0 Å². The Morgan fingerprint density at radius 2 is 2.23 bits per heavy atom. The molecule has 1 amide bonds. The van der Waals surface area contributed by atoms with Crippen molar-refractivity contribution in [3.63, 3.8) is 0 Å². The van der Waals surface area contributed by atoms with E-state index in [1.54, 1.807) is 12.1 Å². The molecule has 1 aromatic heterocycles. The van der Waals surface area contributed by atoms with Crippen molar-refractivity contribution in [1.29, 1.82) is 0 Å². The average molecular weight is 356 g/mol. The van der Waals surface area contributed by atoms with Crippen LogP contribution in [0.4, 0.5) is 0 Å². The number of amides is 1. The topological polar surface area (TPSA) is 54.0 Å². The third kappa shape index (κ3) is 3.79. The third-order valence-corrected chi connectivity index (χ3v) is 4.98. The molecule has 116 valence electrons. The van der Waals surface area contributed by atoms with Crippen LogP contribution >= 0.6 is 34.5 Å². The van der Waals surface area contributed by atoms with Gasteiger partial charge in [-0.1, -0.05) is 23.2 Å². The van der Waals surface area contributed by atoms with Gasteiger partial charge in [-0.15, -0.1) is 11.3 Å². The fourth-order valence-corrected chi connectivity index (χ4v) is 3.57. The Morgan fingerprint density at radius 3 is 2.91 bits per heavy atom. The van der Waals surface area contributed by atoms with Crippen molar-refractivity contribution in [2.75, 3.05) is 19.6 Å². The van der Waals surface area contributed by atoms with Gasteiger partial charge in [-0.3, -0.25) is 4.79 Å². The monoisotopic (exact) mass is 355 g/mol. The zero-order valence-corrected chi connectivity index (χ0v) is 14.1. The second-order valence-electron chi connectivity index (χ2n) is 5.27. The van der Waals surface area contributed by atoms with Crippen molar-refractivity contribution in [2.45, 2.75) is 6.42 Å². The van der Waals surface area contributed by atoms with Gasteiger partial charge in [-0.05, 0) is 18.2 Å². The predicted octanol–water partition coefficient (Wildman–Crippen LogP) is 3.00. The van der Waals surface area contributed by atoms with Crippen LogP contribution in [0.25, 0.3) is 10.6 Å². The molecule has 22 heavy (non-hydrogen) atoms. The van der Waals surface area contributed by atoms with Crippen molar-refractivity contribution in [2.24, 2.45) is 5.92 Å². The van der Waals surface area contributed by atoms with Crippen LogP contribution in [-0.4, -0.2) is 30.5 Å². The van der Waals surface area contributed by atoms with Crippen LogP contribution in [0, 0.1) is 5.92 Å². The quantitative estimate of drug-likeness (QED) is 0.866. The lowest BCUT2D eigenvalue weighted by Gasteiger charge is -2.26. The predicted molar refractivity (Wildman–Crippen MR) is 90.6 cm³/mol. The second-order valence-corrected chi connectivity index (χ2v) is 6.98. The van der Waals surface area contributed by atoms with Gasteiger partial charge >= 0.3 is 0 Å². The zero-order valence-electron chi connectivity index (χ0n) is 11.7. The molecule has 0 unspecified atom stereocenters. The lowest BCUT2D eigenvalue weighted by Crippen LogP contribution is -2.48. The summed E-state index contributed by atoms with van der Waals surface area (Å²) in [5.41, 5.74) is 1.60. The highest BCUT2D eigenvalue weighted by Gasteiger charge is 2.17. The Balaban J connectivity index is 1.61. The first kappa shape index (κ1) is 15.7. The first-order valence-corrected chi connectivity index (χ1v) is 8.62. The number of hydrogen-bond donors (Lipinski definition) is 2. The van der Waals surface area contributed by atoms with Crippen LogP contribution in [0.15, 0.2) is 23.6 Å². The second kappa shape index (κ2) is 6.96. The lowest BCUT2D eigenvalue weighted by molar-refractivity contribution is -0.120. The minimum Gasteiger partial charge on any atom is -0.355 e. The molecule has 0 aliphatic carbocycles.